The van der Waals surface area contributed by atoms with Crippen LogP contribution in [0.15, 0.2) is 30.3 Å². The Hall–Kier alpha value is -2.24. The van der Waals surface area contributed by atoms with Crippen LogP contribution in [0.3, 0.4) is 0 Å². The molecule has 10 heteroatoms. The number of fused-ring (bicyclic) bond motifs is 2. The van der Waals surface area contributed by atoms with Crippen molar-refractivity contribution < 1.29 is 28.5 Å². The van der Waals surface area contributed by atoms with Gasteiger partial charge in [-0.3, -0.25) is 15.5 Å². The zero-order valence-corrected chi connectivity index (χ0v) is 22.4. The first-order valence-corrected chi connectivity index (χ1v) is 13.3. The average Bonchev–Trinajstić information content (AvgIpc) is 3.15. The highest BCUT2D eigenvalue weighted by molar-refractivity contribution is 5.82. The van der Waals surface area contributed by atoms with Gasteiger partial charge in [-0.25, -0.2) is 9.80 Å². The molecule has 2 saturated heterocycles. The summed E-state index contributed by atoms with van der Waals surface area (Å²) in [7, 11) is 1.59. The monoisotopic (exact) mass is 518 g/mol. The number of nitrogens with zero attached hydrogens (tertiary/aromatic N) is 1. The summed E-state index contributed by atoms with van der Waals surface area (Å²) in [6.45, 7) is 8.42. The molecule has 4 rings (SSSR count). The molecule has 2 heterocycles. The molecule has 1 aromatic rings. The van der Waals surface area contributed by atoms with Gasteiger partial charge in [-0.15, -0.1) is 0 Å². The smallest absolute Gasteiger partial charge is 0.407 e. The number of alkyl carbamates (subject to hydrolysis) is 1. The molecule has 2 amide bonds. The molecule has 3 N–H and O–H groups in total. The number of benzene rings is 1. The van der Waals surface area contributed by atoms with Gasteiger partial charge in [0.1, 0.15) is 6.10 Å². The standard InChI is InChI=1S/C27H42N4O6/c1-27(2,3)23(29-17-34-4)24(32)30-31(15-18-9-6-5-7-10-18)12-8-11-28-26(33)37-22-20-13-19-14-21(22)36-25(19)35-16-20/h5-7,9-10,19-23,25,29H,8,11-17H2,1-4H3,(H,28,33)(H,30,32). The molecule has 3 bridgehead atoms. The molecule has 0 aromatic heterocycles. The van der Waals surface area contributed by atoms with Gasteiger partial charge in [-0.2, -0.15) is 0 Å². The van der Waals surface area contributed by atoms with Crippen LogP contribution in [0.1, 0.15) is 45.6 Å². The van der Waals surface area contributed by atoms with E-state index in [1.165, 1.54) is 0 Å². The Labute approximate surface area is 219 Å². The molecule has 6 unspecified atom stereocenters. The average molecular weight is 519 g/mol. The van der Waals surface area contributed by atoms with E-state index in [1.807, 2.05) is 56.1 Å². The van der Waals surface area contributed by atoms with Gasteiger partial charge in [0.25, 0.3) is 5.91 Å². The predicted octanol–water partition coefficient (Wildman–Crippen LogP) is 2.39. The van der Waals surface area contributed by atoms with Crippen molar-refractivity contribution in [1.29, 1.82) is 0 Å². The summed E-state index contributed by atoms with van der Waals surface area (Å²) >= 11 is 0. The van der Waals surface area contributed by atoms with Crippen molar-refractivity contribution in [3.63, 3.8) is 0 Å². The lowest BCUT2D eigenvalue weighted by atomic mass is 9.78. The number of methoxy groups -OCH3 is 1. The molecule has 3 aliphatic rings. The Morgan fingerprint density at radius 3 is 2.68 bits per heavy atom. The van der Waals surface area contributed by atoms with E-state index < -0.39 is 12.1 Å². The Bertz CT molecular complexity index is 887. The number of ether oxygens (including phenoxy) is 4. The molecule has 10 nitrogen and oxygen atoms in total. The van der Waals surface area contributed by atoms with Gasteiger partial charge in [0, 0.05) is 38.6 Å². The molecule has 0 radical (unpaired) electrons. The number of hydrogen-bond acceptors (Lipinski definition) is 8. The molecule has 37 heavy (non-hydrogen) atoms. The van der Waals surface area contributed by atoms with Gasteiger partial charge in [0.05, 0.1) is 25.5 Å². The van der Waals surface area contributed by atoms with Gasteiger partial charge in [-0.05, 0) is 30.2 Å². The zero-order chi connectivity index (χ0) is 26.4. The maximum atomic E-state index is 13.2. The first-order valence-electron chi connectivity index (χ1n) is 13.3. The van der Waals surface area contributed by atoms with Gasteiger partial charge in [-0.1, -0.05) is 51.1 Å². The first kappa shape index (κ1) is 27.8. The number of nitrogens with one attached hydrogen (secondary N) is 3. The van der Waals surface area contributed by atoms with Crippen molar-refractivity contribution in [2.75, 3.05) is 33.5 Å². The van der Waals surface area contributed by atoms with Crippen molar-refractivity contribution in [2.45, 2.75) is 71.1 Å². The molecule has 6 atom stereocenters. The van der Waals surface area contributed by atoms with E-state index in [1.54, 1.807) is 7.11 Å². The fourth-order valence-electron chi connectivity index (χ4n) is 5.51. The second-order valence-corrected chi connectivity index (χ2v) is 11.3. The highest BCUT2D eigenvalue weighted by Gasteiger charge is 2.53. The Morgan fingerprint density at radius 1 is 1.16 bits per heavy atom. The quantitative estimate of drug-likeness (QED) is 0.220. The number of hydrogen-bond donors (Lipinski definition) is 3. The van der Waals surface area contributed by atoms with Crippen molar-refractivity contribution in [2.24, 2.45) is 17.3 Å². The third kappa shape index (κ3) is 7.42. The van der Waals surface area contributed by atoms with Gasteiger partial charge < -0.3 is 24.3 Å². The topological polar surface area (TPSA) is 110 Å². The Kier molecular flexibility index (Phi) is 9.41. The van der Waals surface area contributed by atoms with Crippen LogP contribution in [0.25, 0.3) is 0 Å². The van der Waals surface area contributed by atoms with Crippen LogP contribution in [0.2, 0.25) is 0 Å². The van der Waals surface area contributed by atoms with Gasteiger partial charge in [0.15, 0.2) is 6.29 Å². The predicted molar refractivity (Wildman–Crippen MR) is 137 cm³/mol. The summed E-state index contributed by atoms with van der Waals surface area (Å²) in [5, 5.41) is 7.93. The Morgan fingerprint density at radius 2 is 1.95 bits per heavy atom. The molecule has 2 aliphatic heterocycles. The molecular formula is C27H42N4O6. The number of carbonyl (C=O) groups excluding carboxylic acids is 2. The zero-order valence-electron chi connectivity index (χ0n) is 22.4. The number of carbonyl (C=O) groups is 2. The third-order valence-corrected chi connectivity index (χ3v) is 7.30. The summed E-state index contributed by atoms with van der Waals surface area (Å²) in [4.78, 5) is 25.7. The largest absolute Gasteiger partial charge is 0.443 e. The second kappa shape index (κ2) is 12.5. The SMILES string of the molecule is COCNC(C(=O)NN(CCCNC(=O)OC1C2COC3OC1CC3C2)Cc1ccccc1)C(C)(C)C. The molecule has 3 fully saturated rings. The minimum Gasteiger partial charge on any atom is -0.443 e. The van der Waals surface area contributed by atoms with Crippen LogP contribution in [0.5, 0.6) is 0 Å². The lowest BCUT2D eigenvalue weighted by Crippen LogP contribution is -2.56. The fourth-order valence-corrected chi connectivity index (χ4v) is 5.51. The van der Waals surface area contributed by atoms with Crippen molar-refractivity contribution in [1.82, 2.24) is 21.1 Å². The maximum absolute atomic E-state index is 13.2. The van der Waals surface area contributed by atoms with Crippen molar-refractivity contribution in [3.8, 4) is 0 Å². The molecular weight excluding hydrogens is 476 g/mol. The summed E-state index contributed by atoms with van der Waals surface area (Å²) in [5.74, 6) is 0.504. The van der Waals surface area contributed by atoms with Crippen molar-refractivity contribution >= 4 is 12.0 Å². The third-order valence-electron chi connectivity index (χ3n) is 7.30. The summed E-state index contributed by atoms with van der Waals surface area (Å²) in [6.07, 6.45) is 1.62. The fraction of sp³-hybridized carbons (Fsp3) is 0.704. The molecule has 0 spiro atoms. The van der Waals surface area contributed by atoms with E-state index in [0.717, 1.165) is 18.4 Å². The minimum atomic E-state index is -0.439. The van der Waals surface area contributed by atoms with E-state index >= 15 is 0 Å². The van der Waals surface area contributed by atoms with Crippen LogP contribution < -0.4 is 16.1 Å². The lowest BCUT2D eigenvalue weighted by Gasteiger charge is -2.36. The van der Waals surface area contributed by atoms with Crippen LogP contribution in [-0.2, 0) is 30.3 Å². The van der Waals surface area contributed by atoms with Crippen LogP contribution in [-0.4, -0.2) is 75.1 Å². The number of amides is 2. The number of hydrazine groups is 1. The van der Waals surface area contributed by atoms with E-state index in [-0.39, 0.29) is 42.5 Å². The van der Waals surface area contributed by atoms with E-state index in [0.29, 0.717) is 38.6 Å². The van der Waals surface area contributed by atoms with Crippen LogP contribution >= 0.6 is 0 Å². The highest BCUT2D eigenvalue weighted by atomic mass is 16.7. The lowest BCUT2D eigenvalue weighted by molar-refractivity contribution is -0.153. The van der Waals surface area contributed by atoms with Gasteiger partial charge in [0.2, 0.25) is 0 Å². The minimum absolute atomic E-state index is 0.0685. The number of rotatable bonds is 12. The second-order valence-electron chi connectivity index (χ2n) is 11.3. The maximum Gasteiger partial charge on any atom is 0.407 e. The molecule has 1 aromatic carbocycles. The van der Waals surface area contributed by atoms with Gasteiger partial charge >= 0.3 is 6.09 Å². The van der Waals surface area contributed by atoms with Crippen LogP contribution in [0.4, 0.5) is 4.79 Å². The normalized spacial score (nSPS) is 27.2. The summed E-state index contributed by atoms with van der Waals surface area (Å²) in [6, 6.07) is 9.53. The summed E-state index contributed by atoms with van der Waals surface area (Å²) in [5.41, 5.74) is 3.85. The Balaban J connectivity index is 1.27. The molecule has 206 valence electrons. The van der Waals surface area contributed by atoms with Crippen molar-refractivity contribution in [3.05, 3.63) is 35.9 Å². The molecule has 1 aliphatic carbocycles. The van der Waals surface area contributed by atoms with E-state index in [4.69, 9.17) is 18.9 Å². The van der Waals surface area contributed by atoms with E-state index in [2.05, 4.69) is 16.1 Å². The van der Waals surface area contributed by atoms with E-state index in [9.17, 15) is 9.59 Å². The first-order chi connectivity index (χ1) is 17.7. The highest BCUT2D eigenvalue weighted by Crippen LogP contribution is 2.46. The summed E-state index contributed by atoms with van der Waals surface area (Å²) < 4.78 is 22.6. The van der Waals surface area contributed by atoms with Crippen LogP contribution in [0, 0.1) is 17.3 Å². The molecule has 1 saturated carbocycles.